The standard InChI is InChI=1S/C12H20N2.2ClH/c1-4-10-6-5-7-11(8-10)14-9-12(2,3)13;;/h5-8,14H,4,9,13H2,1-3H3;2*1H. The van der Waals surface area contributed by atoms with Gasteiger partial charge in [0.2, 0.25) is 0 Å². The third kappa shape index (κ3) is 6.94. The summed E-state index contributed by atoms with van der Waals surface area (Å²) in [6.07, 6.45) is 1.07. The molecule has 16 heavy (non-hydrogen) atoms. The highest BCUT2D eigenvalue weighted by Gasteiger charge is 2.09. The number of halogens is 2. The maximum absolute atomic E-state index is 5.89. The van der Waals surface area contributed by atoms with Crippen LogP contribution in [0.4, 0.5) is 5.69 Å². The number of benzene rings is 1. The average molecular weight is 265 g/mol. The monoisotopic (exact) mass is 264 g/mol. The zero-order valence-corrected chi connectivity index (χ0v) is 11.8. The van der Waals surface area contributed by atoms with Crippen molar-refractivity contribution in [3.8, 4) is 0 Å². The lowest BCUT2D eigenvalue weighted by atomic mass is 10.1. The summed E-state index contributed by atoms with van der Waals surface area (Å²) in [5, 5.41) is 3.33. The molecule has 2 nitrogen and oxygen atoms in total. The van der Waals surface area contributed by atoms with Crippen molar-refractivity contribution in [1.29, 1.82) is 0 Å². The van der Waals surface area contributed by atoms with E-state index in [0.717, 1.165) is 18.7 Å². The van der Waals surface area contributed by atoms with E-state index in [4.69, 9.17) is 5.73 Å². The molecule has 1 rings (SSSR count). The van der Waals surface area contributed by atoms with Gasteiger partial charge in [0.15, 0.2) is 0 Å². The zero-order chi connectivity index (χ0) is 10.6. The van der Waals surface area contributed by atoms with E-state index in [2.05, 4.69) is 36.5 Å². The van der Waals surface area contributed by atoms with E-state index in [0.29, 0.717) is 0 Å². The molecule has 0 spiro atoms. The molecule has 0 atom stereocenters. The van der Waals surface area contributed by atoms with Gasteiger partial charge in [-0.1, -0.05) is 19.1 Å². The minimum atomic E-state index is -0.164. The van der Waals surface area contributed by atoms with Crippen LogP contribution in [0.5, 0.6) is 0 Å². The van der Waals surface area contributed by atoms with E-state index in [-0.39, 0.29) is 30.4 Å². The van der Waals surface area contributed by atoms with Crippen LogP contribution in [0.1, 0.15) is 26.3 Å². The zero-order valence-electron chi connectivity index (χ0n) is 10.1. The van der Waals surface area contributed by atoms with E-state index >= 15 is 0 Å². The first-order valence-electron chi connectivity index (χ1n) is 5.13. The number of hydrogen-bond donors (Lipinski definition) is 2. The highest BCUT2D eigenvalue weighted by Crippen LogP contribution is 2.11. The Hall–Kier alpha value is -0.440. The molecule has 0 aliphatic rings. The van der Waals surface area contributed by atoms with Crippen LogP contribution >= 0.6 is 24.8 Å². The molecule has 0 aliphatic carbocycles. The fourth-order valence-electron chi connectivity index (χ4n) is 1.23. The van der Waals surface area contributed by atoms with Crippen LogP contribution in [0.3, 0.4) is 0 Å². The molecule has 0 fully saturated rings. The quantitative estimate of drug-likeness (QED) is 0.877. The molecule has 1 aromatic rings. The van der Waals surface area contributed by atoms with Crippen LogP contribution in [-0.2, 0) is 6.42 Å². The molecule has 0 aliphatic heterocycles. The normalized spacial score (nSPS) is 10.0. The predicted molar refractivity (Wildman–Crippen MR) is 77.1 cm³/mol. The van der Waals surface area contributed by atoms with Crippen molar-refractivity contribution < 1.29 is 0 Å². The van der Waals surface area contributed by atoms with Gasteiger partial charge in [-0.25, -0.2) is 0 Å². The van der Waals surface area contributed by atoms with Crippen LogP contribution in [0.2, 0.25) is 0 Å². The number of aryl methyl sites for hydroxylation is 1. The second-order valence-corrected chi connectivity index (χ2v) is 4.40. The van der Waals surface area contributed by atoms with Crippen molar-refractivity contribution in [3.05, 3.63) is 29.8 Å². The molecule has 0 radical (unpaired) electrons. The minimum absolute atomic E-state index is 0. The number of nitrogens with one attached hydrogen (secondary N) is 1. The number of nitrogens with two attached hydrogens (primary N) is 1. The number of anilines is 1. The van der Waals surface area contributed by atoms with Crippen LogP contribution in [0.15, 0.2) is 24.3 Å². The van der Waals surface area contributed by atoms with Gasteiger partial charge >= 0.3 is 0 Å². The Labute approximate surface area is 111 Å². The lowest BCUT2D eigenvalue weighted by Gasteiger charge is -2.20. The third-order valence-electron chi connectivity index (χ3n) is 2.08. The Morgan fingerprint density at radius 2 is 1.88 bits per heavy atom. The molecule has 0 saturated carbocycles. The first-order valence-corrected chi connectivity index (χ1v) is 5.13. The molecule has 3 N–H and O–H groups in total. The largest absolute Gasteiger partial charge is 0.383 e. The number of hydrogen-bond acceptors (Lipinski definition) is 2. The first-order chi connectivity index (χ1) is 6.51. The molecule has 4 heteroatoms. The Morgan fingerprint density at radius 1 is 1.25 bits per heavy atom. The van der Waals surface area contributed by atoms with Gasteiger partial charge in [0.25, 0.3) is 0 Å². The SMILES string of the molecule is CCc1cccc(NCC(C)(C)N)c1.Cl.Cl. The van der Waals surface area contributed by atoms with Crippen LogP contribution in [0.25, 0.3) is 0 Å². The van der Waals surface area contributed by atoms with Gasteiger partial charge in [-0.3, -0.25) is 0 Å². The molecular weight excluding hydrogens is 243 g/mol. The van der Waals surface area contributed by atoms with Crippen molar-refractivity contribution in [3.63, 3.8) is 0 Å². The first kappa shape index (κ1) is 17.9. The smallest absolute Gasteiger partial charge is 0.0343 e. The maximum Gasteiger partial charge on any atom is 0.0343 e. The van der Waals surface area contributed by atoms with Crippen LogP contribution in [-0.4, -0.2) is 12.1 Å². The van der Waals surface area contributed by atoms with Crippen molar-refractivity contribution in [2.75, 3.05) is 11.9 Å². The van der Waals surface area contributed by atoms with E-state index < -0.39 is 0 Å². The van der Waals surface area contributed by atoms with Crippen molar-refractivity contribution >= 4 is 30.5 Å². The summed E-state index contributed by atoms with van der Waals surface area (Å²) < 4.78 is 0. The van der Waals surface area contributed by atoms with Crippen molar-refractivity contribution in [1.82, 2.24) is 0 Å². The summed E-state index contributed by atoms with van der Waals surface area (Å²) in [6.45, 7) is 6.99. The Bertz CT molecular complexity index is 295. The molecule has 0 bridgehead atoms. The Kier molecular flexibility index (Phi) is 8.71. The highest BCUT2D eigenvalue weighted by molar-refractivity contribution is 5.85. The molecule has 1 aromatic carbocycles. The van der Waals surface area contributed by atoms with E-state index in [9.17, 15) is 0 Å². The summed E-state index contributed by atoms with van der Waals surface area (Å²) in [5.74, 6) is 0. The van der Waals surface area contributed by atoms with E-state index in [1.54, 1.807) is 0 Å². The van der Waals surface area contributed by atoms with E-state index in [1.807, 2.05) is 13.8 Å². The van der Waals surface area contributed by atoms with Gasteiger partial charge < -0.3 is 11.1 Å². The minimum Gasteiger partial charge on any atom is -0.383 e. The molecule has 94 valence electrons. The fourth-order valence-corrected chi connectivity index (χ4v) is 1.23. The molecule has 0 heterocycles. The highest BCUT2D eigenvalue weighted by atomic mass is 35.5. The van der Waals surface area contributed by atoms with Gasteiger partial charge in [-0.2, -0.15) is 0 Å². The Morgan fingerprint density at radius 3 is 2.38 bits per heavy atom. The van der Waals surface area contributed by atoms with Crippen molar-refractivity contribution in [2.45, 2.75) is 32.7 Å². The number of rotatable bonds is 4. The molecular formula is C12H22Cl2N2. The molecule has 0 unspecified atom stereocenters. The second kappa shape index (κ2) is 7.77. The van der Waals surface area contributed by atoms with Crippen LogP contribution < -0.4 is 11.1 Å². The average Bonchev–Trinajstić information content (AvgIpc) is 2.14. The molecule has 0 amide bonds. The third-order valence-corrected chi connectivity index (χ3v) is 2.08. The lowest BCUT2D eigenvalue weighted by molar-refractivity contribution is 0.549. The summed E-state index contributed by atoms with van der Waals surface area (Å²) in [7, 11) is 0. The second-order valence-electron chi connectivity index (χ2n) is 4.40. The summed E-state index contributed by atoms with van der Waals surface area (Å²) in [5.41, 5.74) is 8.23. The topological polar surface area (TPSA) is 38.0 Å². The molecule has 0 saturated heterocycles. The van der Waals surface area contributed by atoms with Gasteiger partial charge in [0, 0.05) is 17.8 Å². The maximum atomic E-state index is 5.89. The lowest BCUT2D eigenvalue weighted by Crippen LogP contribution is -2.39. The Balaban J connectivity index is 0. The fraction of sp³-hybridized carbons (Fsp3) is 0.500. The summed E-state index contributed by atoms with van der Waals surface area (Å²) in [6, 6.07) is 8.46. The summed E-state index contributed by atoms with van der Waals surface area (Å²) >= 11 is 0. The van der Waals surface area contributed by atoms with E-state index in [1.165, 1.54) is 5.56 Å². The molecule has 0 aromatic heterocycles. The van der Waals surface area contributed by atoms with Gasteiger partial charge in [-0.15, -0.1) is 24.8 Å². The van der Waals surface area contributed by atoms with Gasteiger partial charge in [-0.05, 0) is 38.0 Å². The van der Waals surface area contributed by atoms with Gasteiger partial charge in [0.05, 0.1) is 0 Å². The predicted octanol–water partition coefficient (Wildman–Crippen LogP) is 3.24. The van der Waals surface area contributed by atoms with Crippen molar-refractivity contribution in [2.24, 2.45) is 5.73 Å². The van der Waals surface area contributed by atoms with Gasteiger partial charge in [0.1, 0.15) is 0 Å². The summed E-state index contributed by atoms with van der Waals surface area (Å²) in [4.78, 5) is 0. The van der Waals surface area contributed by atoms with Crippen LogP contribution in [0, 0.1) is 0 Å².